The zero-order valence-electron chi connectivity index (χ0n) is 11.6. The van der Waals surface area contributed by atoms with Crippen molar-refractivity contribution in [3.63, 3.8) is 0 Å². The molecular weight excluding hydrogens is 363 g/mol. The van der Waals surface area contributed by atoms with E-state index in [1.807, 2.05) is 67.5 Å². The van der Waals surface area contributed by atoms with E-state index in [4.69, 9.17) is 0 Å². The predicted octanol–water partition coefficient (Wildman–Crippen LogP) is 3.29. The van der Waals surface area contributed by atoms with Crippen LogP contribution in [0.25, 0.3) is 0 Å². The lowest BCUT2D eigenvalue weighted by atomic mass is 10.2. The van der Waals surface area contributed by atoms with E-state index in [9.17, 15) is 4.79 Å². The molecule has 0 aliphatic rings. The van der Waals surface area contributed by atoms with Gasteiger partial charge in [-0.05, 0) is 58.5 Å². The van der Waals surface area contributed by atoms with E-state index in [0.29, 0.717) is 12.1 Å². The maximum atomic E-state index is 12.0. The summed E-state index contributed by atoms with van der Waals surface area (Å²) in [7, 11) is 4.02. The van der Waals surface area contributed by atoms with Gasteiger partial charge >= 0.3 is 0 Å². The zero-order valence-corrected chi connectivity index (χ0v) is 13.7. The summed E-state index contributed by atoms with van der Waals surface area (Å²) < 4.78 is 1.06. The molecule has 0 atom stereocenters. The standard InChI is InChI=1S/C16H17IN2O/c1-19(2)15-8-6-12(7-9-15)11-18-16(20)13-4-3-5-14(17)10-13/h3-10H,11H2,1-2H3,(H,18,20). The van der Waals surface area contributed by atoms with Gasteiger partial charge in [-0.25, -0.2) is 0 Å². The monoisotopic (exact) mass is 380 g/mol. The smallest absolute Gasteiger partial charge is 0.251 e. The predicted molar refractivity (Wildman–Crippen MR) is 91.1 cm³/mol. The third kappa shape index (κ3) is 3.96. The van der Waals surface area contributed by atoms with Crippen molar-refractivity contribution in [3.05, 3.63) is 63.2 Å². The number of anilines is 1. The Morgan fingerprint density at radius 1 is 1.15 bits per heavy atom. The fourth-order valence-electron chi connectivity index (χ4n) is 1.83. The van der Waals surface area contributed by atoms with Crippen LogP contribution in [0.5, 0.6) is 0 Å². The quantitative estimate of drug-likeness (QED) is 0.826. The highest BCUT2D eigenvalue weighted by molar-refractivity contribution is 14.1. The van der Waals surface area contributed by atoms with Crippen molar-refractivity contribution in [1.82, 2.24) is 5.32 Å². The van der Waals surface area contributed by atoms with Crippen LogP contribution in [0.2, 0.25) is 0 Å². The fourth-order valence-corrected chi connectivity index (χ4v) is 2.37. The molecular formula is C16H17IN2O. The Bertz CT molecular complexity index is 594. The summed E-state index contributed by atoms with van der Waals surface area (Å²) in [6.45, 7) is 0.540. The highest BCUT2D eigenvalue weighted by Gasteiger charge is 2.05. The van der Waals surface area contributed by atoms with Crippen LogP contribution in [0, 0.1) is 3.57 Å². The van der Waals surface area contributed by atoms with Gasteiger partial charge < -0.3 is 10.2 Å². The Balaban J connectivity index is 1.96. The zero-order chi connectivity index (χ0) is 14.5. The highest BCUT2D eigenvalue weighted by Crippen LogP contribution is 2.12. The van der Waals surface area contributed by atoms with Crippen molar-refractivity contribution in [2.45, 2.75) is 6.54 Å². The van der Waals surface area contributed by atoms with E-state index in [0.717, 1.165) is 14.8 Å². The molecule has 2 aromatic carbocycles. The van der Waals surface area contributed by atoms with Crippen molar-refractivity contribution >= 4 is 34.2 Å². The van der Waals surface area contributed by atoms with E-state index in [1.54, 1.807) is 0 Å². The molecule has 0 heterocycles. The maximum Gasteiger partial charge on any atom is 0.251 e. The minimum absolute atomic E-state index is 0.0415. The molecule has 0 fully saturated rings. The van der Waals surface area contributed by atoms with E-state index in [2.05, 4.69) is 27.9 Å². The second-order valence-corrected chi connectivity index (χ2v) is 6.00. The van der Waals surface area contributed by atoms with Gasteiger partial charge in [-0.3, -0.25) is 4.79 Å². The number of carbonyl (C=O) groups excluding carboxylic acids is 1. The Morgan fingerprint density at radius 2 is 1.85 bits per heavy atom. The van der Waals surface area contributed by atoms with Crippen LogP contribution in [0.15, 0.2) is 48.5 Å². The van der Waals surface area contributed by atoms with Gasteiger partial charge in [0, 0.05) is 35.5 Å². The summed E-state index contributed by atoms with van der Waals surface area (Å²) in [5.74, 6) is -0.0415. The van der Waals surface area contributed by atoms with Gasteiger partial charge in [-0.2, -0.15) is 0 Å². The summed E-state index contributed by atoms with van der Waals surface area (Å²) in [5, 5.41) is 2.94. The van der Waals surface area contributed by atoms with Gasteiger partial charge in [0.2, 0.25) is 0 Å². The van der Waals surface area contributed by atoms with Gasteiger partial charge in [0.25, 0.3) is 5.91 Å². The van der Waals surface area contributed by atoms with Crippen molar-refractivity contribution in [2.24, 2.45) is 0 Å². The SMILES string of the molecule is CN(C)c1ccc(CNC(=O)c2cccc(I)c2)cc1. The Hall–Kier alpha value is -1.56. The van der Waals surface area contributed by atoms with E-state index < -0.39 is 0 Å². The molecule has 0 aromatic heterocycles. The summed E-state index contributed by atoms with van der Waals surface area (Å²) in [6, 6.07) is 15.7. The number of halogens is 1. The largest absolute Gasteiger partial charge is 0.378 e. The normalized spacial score (nSPS) is 10.2. The number of nitrogens with one attached hydrogen (secondary N) is 1. The van der Waals surface area contributed by atoms with Crippen molar-refractivity contribution < 1.29 is 4.79 Å². The van der Waals surface area contributed by atoms with Crippen LogP contribution in [0.1, 0.15) is 15.9 Å². The summed E-state index contributed by atoms with van der Waals surface area (Å²) in [4.78, 5) is 14.1. The van der Waals surface area contributed by atoms with Crippen LogP contribution >= 0.6 is 22.6 Å². The molecule has 0 aliphatic heterocycles. The molecule has 0 saturated carbocycles. The molecule has 0 aliphatic carbocycles. The van der Waals surface area contributed by atoms with Gasteiger partial charge in [0.05, 0.1) is 0 Å². The number of rotatable bonds is 4. The van der Waals surface area contributed by atoms with Crippen molar-refractivity contribution in [2.75, 3.05) is 19.0 Å². The molecule has 0 radical (unpaired) electrons. The summed E-state index contributed by atoms with van der Waals surface area (Å²) >= 11 is 2.20. The molecule has 1 amide bonds. The minimum Gasteiger partial charge on any atom is -0.378 e. The Labute approximate surface area is 133 Å². The molecule has 2 rings (SSSR count). The molecule has 104 valence electrons. The maximum absolute atomic E-state index is 12.0. The number of hydrogen-bond acceptors (Lipinski definition) is 2. The molecule has 1 N–H and O–H groups in total. The molecule has 0 bridgehead atoms. The van der Waals surface area contributed by atoms with Gasteiger partial charge in [-0.1, -0.05) is 18.2 Å². The topological polar surface area (TPSA) is 32.3 Å². The van der Waals surface area contributed by atoms with Gasteiger partial charge in [0.1, 0.15) is 0 Å². The number of benzene rings is 2. The van der Waals surface area contributed by atoms with E-state index >= 15 is 0 Å². The molecule has 0 unspecified atom stereocenters. The number of hydrogen-bond donors (Lipinski definition) is 1. The van der Waals surface area contributed by atoms with Crippen LogP contribution < -0.4 is 10.2 Å². The molecule has 20 heavy (non-hydrogen) atoms. The number of carbonyl (C=O) groups is 1. The lowest BCUT2D eigenvalue weighted by molar-refractivity contribution is 0.0951. The summed E-state index contributed by atoms with van der Waals surface area (Å²) in [6.07, 6.45) is 0. The van der Waals surface area contributed by atoms with Crippen LogP contribution in [-0.2, 0) is 6.54 Å². The first-order chi connectivity index (χ1) is 9.56. The molecule has 3 nitrogen and oxygen atoms in total. The van der Waals surface area contributed by atoms with Crippen molar-refractivity contribution in [1.29, 1.82) is 0 Å². The second-order valence-electron chi connectivity index (χ2n) is 4.75. The third-order valence-electron chi connectivity index (χ3n) is 2.99. The Kier molecular flexibility index (Phi) is 5.00. The van der Waals surface area contributed by atoms with Gasteiger partial charge in [0.15, 0.2) is 0 Å². The van der Waals surface area contributed by atoms with Crippen molar-refractivity contribution in [3.8, 4) is 0 Å². The first kappa shape index (κ1) is 14.8. The van der Waals surface area contributed by atoms with Gasteiger partial charge in [-0.15, -0.1) is 0 Å². The highest BCUT2D eigenvalue weighted by atomic mass is 127. The Morgan fingerprint density at radius 3 is 2.45 bits per heavy atom. The number of amides is 1. The fraction of sp³-hybridized carbons (Fsp3) is 0.188. The molecule has 0 saturated heterocycles. The lowest BCUT2D eigenvalue weighted by Crippen LogP contribution is -2.22. The summed E-state index contributed by atoms with van der Waals surface area (Å²) in [5.41, 5.74) is 2.94. The third-order valence-corrected chi connectivity index (χ3v) is 3.66. The van der Waals surface area contributed by atoms with Crippen LogP contribution in [0.4, 0.5) is 5.69 Å². The average molecular weight is 380 g/mol. The van der Waals surface area contributed by atoms with E-state index in [1.165, 1.54) is 0 Å². The van der Waals surface area contributed by atoms with E-state index in [-0.39, 0.29) is 5.91 Å². The second kappa shape index (κ2) is 6.74. The minimum atomic E-state index is -0.0415. The van der Waals surface area contributed by atoms with Crippen LogP contribution in [0.3, 0.4) is 0 Å². The first-order valence-corrected chi connectivity index (χ1v) is 7.44. The number of nitrogens with zero attached hydrogens (tertiary/aromatic N) is 1. The van der Waals surface area contributed by atoms with Crippen LogP contribution in [-0.4, -0.2) is 20.0 Å². The molecule has 0 spiro atoms. The molecule has 2 aromatic rings. The molecule has 4 heteroatoms. The lowest BCUT2D eigenvalue weighted by Gasteiger charge is -2.13. The average Bonchev–Trinajstić information content (AvgIpc) is 2.45. The first-order valence-electron chi connectivity index (χ1n) is 6.36.